The normalized spacial score (nSPS) is 12.1. The van der Waals surface area contributed by atoms with E-state index < -0.39 is 0 Å². The van der Waals surface area contributed by atoms with Crippen LogP contribution in [0, 0.1) is 6.33 Å². The molecule has 2 aromatic heterocycles. The molecule has 4 nitrogen and oxygen atoms in total. The molecule has 0 N–H and O–H groups in total. The summed E-state index contributed by atoms with van der Waals surface area (Å²) in [6.07, 6.45) is 4.71. The van der Waals surface area contributed by atoms with E-state index in [9.17, 15) is 0 Å². The molecule has 0 aliphatic rings. The van der Waals surface area contributed by atoms with Crippen molar-refractivity contribution >= 4 is 0 Å². The fourth-order valence-corrected chi connectivity index (χ4v) is 1.66. The summed E-state index contributed by atoms with van der Waals surface area (Å²) in [6, 6.07) is 4.07. The van der Waals surface area contributed by atoms with Gasteiger partial charge in [-0.2, -0.15) is 0 Å². The van der Waals surface area contributed by atoms with E-state index in [4.69, 9.17) is 0 Å². The summed E-state index contributed by atoms with van der Waals surface area (Å²) in [6.45, 7) is 12.8. The SMILES string of the molecule is CC(C)(C)c1ccnc(-n2[c-]nc(C(C)(C)C)n2)c1.[Ir]. The smallest absolute Gasteiger partial charge is 0.0537 e. The Hall–Kier alpha value is -1.06. The van der Waals surface area contributed by atoms with E-state index in [1.807, 2.05) is 18.3 Å². The minimum Gasteiger partial charge on any atom is -0.349 e. The first kappa shape index (κ1) is 17.0. The Bertz CT molecular complexity index is 576. The quantitative estimate of drug-likeness (QED) is 0.629. The number of rotatable bonds is 1. The van der Waals surface area contributed by atoms with Crippen LogP contribution in [-0.2, 0) is 30.9 Å². The summed E-state index contributed by atoms with van der Waals surface area (Å²) in [5, 5.41) is 4.46. The zero-order valence-electron chi connectivity index (χ0n) is 12.9. The Morgan fingerprint density at radius 2 is 1.70 bits per heavy atom. The molecule has 5 heteroatoms. The third kappa shape index (κ3) is 3.74. The van der Waals surface area contributed by atoms with Crippen LogP contribution in [0.5, 0.6) is 0 Å². The van der Waals surface area contributed by atoms with E-state index in [-0.39, 0.29) is 30.9 Å². The molecule has 2 aromatic rings. The molecular weight excluding hydrogens is 428 g/mol. The van der Waals surface area contributed by atoms with E-state index in [1.165, 1.54) is 5.56 Å². The Morgan fingerprint density at radius 1 is 1.05 bits per heavy atom. The van der Waals surface area contributed by atoms with Gasteiger partial charge in [0.05, 0.1) is 11.6 Å². The van der Waals surface area contributed by atoms with Crippen LogP contribution in [0.25, 0.3) is 5.82 Å². The summed E-state index contributed by atoms with van der Waals surface area (Å²) < 4.78 is 1.62. The van der Waals surface area contributed by atoms with Gasteiger partial charge >= 0.3 is 0 Å². The molecule has 0 saturated heterocycles. The zero-order valence-corrected chi connectivity index (χ0v) is 15.2. The molecule has 0 aromatic carbocycles. The van der Waals surface area contributed by atoms with Crippen molar-refractivity contribution in [3.8, 4) is 5.82 Å². The Morgan fingerprint density at radius 3 is 2.20 bits per heavy atom. The van der Waals surface area contributed by atoms with Gasteiger partial charge in [0.1, 0.15) is 0 Å². The van der Waals surface area contributed by atoms with Gasteiger partial charge in [0, 0.05) is 32.6 Å². The van der Waals surface area contributed by atoms with Gasteiger partial charge in [-0.1, -0.05) is 47.6 Å². The van der Waals surface area contributed by atoms with Crippen molar-refractivity contribution in [2.75, 3.05) is 0 Å². The first-order chi connectivity index (χ1) is 8.68. The number of pyridine rings is 1. The van der Waals surface area contributed by atoms with Gasteiger partial charge in [-0.05, 0) is 22.5 Å². The first-order valence-corrected chi connectivity index (χ1v) is 6.50. The molecule has 0 spiro atoms. The van der Waals surface area contributed by atoms with Crippen molar-refractivity contribution in [1.82, 2.24) is 19.7 Å². The summed E-state index contributed by atoms with van der Waals surface area (Å²) in [4.78, 5) is 8.59. The van der Waals surface area contributed by atoms with Gasteiger partial charge < -0.3 is 14.6 Å². The molecule has 20 heavy (non-hydrogen) atoms. The van der Waals surface area contributed by atoms with Gasteiger partial charge in [-0.25, -0.2) is 5.10 Å². The zero-order chi connectivity index (χ0) is 14.3. The van der Waals surface area contributed by atoms with Crippen LogP contribution < -0.4 is 0 Å². The van der Waals surface area contributed by atoms with Crippen LogP contribution in [0.2, 0.25) is 0 Å². The summed E-state index contributed by atoms with van der Waals surface area (Å²) in [7, 11) is 0. The minimum atomic E-state index is -0.0800. The third-order valence-electron chi connectivity index (χ3n) is 2.94. The number of aromatic nitrogens is 4. The van der Waals surface area contributed by atoms with Crippen LogP contribution in [0.3, 0.4) is 0 Å². The predicted molar refractivity (Wildman–Crippen MR) is 75.4 cm³/mol. The second kappa shape index (κ2) is 5.74. The van der Waals surface area contributed by atoms with Crippen molar-refractivity contribution in [3.63, 3.8) is 0 Å². The summed E-state index contributed by atoms with van der Waals surface area (Å²) >= 11 is 0. The van der Waals surface area contributed by atoms with E-state index in [1.54, 1.807) is 4.68 Å². The minimum absolute atomic E-state index is 0. The maximum Gasteiger partial charge on any atom is 0.0537 e. The molecule has 0 saturated carbocycles. The van der Waals surface area contributed by atoms with Gasteiger partial charge in [0.15, 0.2) is 0 Å². The predicted octanol–water partition coefficient (Wildman–Crippen LogP) is 3.05. The van der Waals surface area contributed by atoms with E-state index >= 15 is 0 Å². The second-order valence-corrected chi connectivity index (χ2v) is 6.85. The van der Waals surface area contributed by atoms with Crippen molar-refractivity contribution in [3.05, 3.63) is 36.0 Å². The fourth-order valence-electron chi connectivity index (χ4n) is 1.66. The Kier molecular flexibility index (Phi) is 4.88. The maximum atomic E-state index is 4.46. The third-order valence-corrected chi connectivity index (χ3v) is 2.94. The molecule has 1 radical (unpaired) electrons. The van der Waals surface area contributed by atoms with Crippen molar-refractivity contribution in [2.24, 2.45) is 0 Å². The standard InChI is InChI=1S/C15H21N4.Ir/c1-14(2,3)11-7-8-16-12(9-11)19-10-17-13(18-19)15(4,5)6;/h7-9H,1-6H3;/q-1;. The summed E-state index contributed by atoms with van der Waals surface area (Å²) in [5.74, 6) is 1.53. The Balaban J connectivity index is 0.00000200. The van der Waals surface area contributed by atoms with Crippen molar-refractivity contribution < 1.29 is 20.1 Å². The molecule has 0 aliphatic heterocycles. The monoisotopic (exact) mass is 450 g/mol. The van der Waals surface area contributed by atoms with Crippen molar-refractivity contribution in [2.45, 2.75) is 52.4 Å². The second-order valence-electron chi connectivity index (χ2n) is 6.85. The van der Waals surface area contributed by atoms with Crippen LogP contribution in [0.1, 0.15) is 52.9 Å². The molecule has 0 atom stereocenters. The molecule has 0 unspecified atom stereocenters. The summed E-state index contributed by atoms with van der Waals surface area (Å²) in [5.41, 5.74) is 1.23. The van der Waals surface area contributed by atoms with Crippen molar-refractivity contribution in [1.29, 1.82) is 0 Å². The van der Waals surface area contributed by atoms with E-state index in [0.717, 1.165) is 11.6 Å². The molecule has 2 heterocycles. The van der Waals surface area contributed by atoms with E-state index in [2.05, 4.69) is 62.9 Å². The van der Waals surface area contributed by atoms with Crippen LogP contribution in [0.15, 0.2) is 18.3 Å². The molecule has 111 valence electrons. The van der Waals surface area contributed by atoms with E-state index in [0.29, 0.717) is 0 Å². The van der Waals surface area contributed by atoms with Gasteiger partial charge in [-0.3, -0.25) is 0 Å². The molecule has 0 aliphatic carbocycles. The topological polar surface area (TPSA) is 43.6 Å². The Labute approximate surface area is 134 Å². The number of hydrogen-bond acceptors (Lipinski definition) is 3. The number of nitrogens with zero attached hydrogens (tertiary/aromatic N) is 4. The van der Waals surface area contributed by atoms with Gasteiger partial charge in [-0.15, -0.1) is 0 Å². The molecule has 0 amide bonds. The van der Waals surface area contributed by atoms with Gasteiger partial charge in [0.25, 0.3) is 0 Å². The maximum absolute atomic E-state index is 4.46. The van der Waals surface area contributed by atoms with Crippen LogP contribution >= 0.6 is 0 Å². The first-order valence-electron chi connectivity index (χ1n) is 6.50. The molecule has 0 fully saturated rings. The average Bonchev–Trinajstić information content (AvgIpc) is 2.77. The fraction of sp³-hybridized carbons (Fsp3) is 0.533. The van der Waals surface area contributed by atoms with Crippen LogP contribution in [-0.4, -0.2) is 19.7 Å². The average molecular weight is 450 g/mol. The molecule has 0 bridgehead atoms. The molecule has 2 rings (SSSR count). The number of hydrogen-bond donors (Lipinski definition) is 0. The molecular formula is C15H21IrN4-. The van der Waals surface area contributed by atoms with Gasteiger partial charge in [0.2, 0.25) is 0 Å². The van der Waals surface area contributed by atoms with Crippen LogP contribution in [0.4, 0.5) is 0 Å². The largest absolute Gasteiger partial charge is 0.349 e.